The zero-order chi connectivity index (χ0) is 20.4. The van der Waals surface area contributed by atoms with Gasteiger partial charge in [0.2, 0.25) is 17.7 Å². The Balaban J connectivity index is 1.38. The number of fused-ring (bicyclic) bond motifs is 1. The Labute approximate surface area is 166 Å². The maximum atomic E-state index is 12.5. The molecule has 8 heteroatoms. The van der Waals surface area contributed by atoms with Crippen LogP contribution in [-0.2, 0) is 14.4 Å². The molecule has 1 saturated heterocycles. The molecule has 1 fully saturated rings. The third-order valence-electron chi connectivity index (χ3n) is 5.05. The number of carbonyl (C=O) groups is 4. The number of furan rings is 1. The minimum Gasteiger partial charge on any atom is -0.459 e. The molecule has 2 heterocycles. The first-order valence-electron chi connectivity index (χ1n) is 9.28. The van der Waals surface area contributed by atoms with E-state index in [-0.39, 0.29) is 36.0 Å². The quantitative estimate of drug-likeness (QED) is 0.599. The Kier molecular flexibility index (Phi) is 4.99. The van der Waals surface area contributed by atoms with Crippen molar-refractivity contribution in [2.24, 2.45) is 11.8 Å². The van der Waals surface area contributed by atoms with Gasteiger partial charge in [0.05, 0.1) is 18.1 Å². The first-order valence-corrected chi connectivity index (χ1v) is 9.28. The van der Waals surface area contributed by atoms with Crippen LogP contribution in [0.25, 0.3) is 0 Å². The molecule has 0 unspecified atom stereocenters. The van der Waals surface area contributed by atoms with Crippen molar-refractivity contribution < 1.29 is 23.6 Å². The maximum absolute atomic E-state index is 12.5. The second-order valence-electron chi connectivity index (χ2n) is 6.98. The number of carbonyl (C=O) groups excluding carboxylic acids is 4. The number of allylic oxidation sites excluding steroid dienone is 2. The van der Waals surface area contributed by atoms with Crippen molar-refractivity contribution in [2.45, 2.75) is 12.8 Å². The van der Waals surface area contributed by atoms with Crippen LogP contribution in [0.2, 0.25) is 0 Å². The molecule has 2 aromatic rings. The van der Waals surface area contributed by atoms with Gasteiger partial charge in [-0.1, -0.05) is 18.2 Å². The van der Waals surface area contributed by atoms with Crippen molar-refractivity contribution in [1.29, 1.82) is 0 Å². The van der Waals surface area contributed by atoms with E-state index in [4.69, 9.17) is 4.42 Å². The lowest BCUT2D eigenvalue weighted by molar-refractivity contribution is -0.142. The lowest BCUT2D eigenvalue weighted by Gasteiger charge is -2.15. The molecule has 148 valence electrons. The van der Waals surface area contributed by atoms with Crippen LogP contribution in [0.5, 0.6) is 0 Å². The van der Waals surface area contributed by atoms with Crippen LogP contribution in [0.4, 0.5) is 11.4 Å². The Bertz CT molecular complexity index is 970. The molecule has 2 atom stereocenters. The molecule has 8 nitrogen and oxygen atoms in total. The van der Waals surface area contributed by atoms with Gasteiger partial charge in [-0.2, -0.15) is 0 Å². The molecule has 2 aliphatic rings. The Morgan fingerprint density at radius 3 is 2.24 bits per heavy atom. The number of amides is 4. The predicted molar refractivity (Wildman–Crippen MR) is 104 cm³/mol. The summed E-state index contributed by atoms with van der Waals surface area (Å²) in [7, 11) is 0. The second kappa shape index (κ2) is 7.75. The third kappa shape index (κ3) is 3.82. The van der Waals surface area contributed by atoms with Gasteiger partial charge in [-0.25, -0.2) is 0 Å². The normalized spacial score (nSPS) is 20.5. The average Bonchev–Trinajstić information content (AvgIpc) is 3.33. The summed E-state index contributed by atoms with van der Waals surface area (Å²) in [5.41, 5.74) is 0.903. The van der Waals surface area contributed by atoms with Gasteiger partial charge in [0.1, 0.15) is 6.54 Å². The van der Waals surface area contributed by atoms with Crippen LogP contribution in [0.3, 0.4) is 0 Å². The van der Waals surface area contributed by atoms with E-state index in [9.17, 15) is 19.2 Å². The van der Waals surface area contributed by atoms with Gasteiger partial charge < -0.3 is 15.1 Å². The highest BCUT2D eigenvalue weighted by molar-refractivity contribution is 6.09. The summed E-state index contributed by atoms with van der Waals surface area (Å²) in [5.74, 6) is -2.03. The van der Waals surface area contributed by atoms with E-state index in [0.29, 0.717) is 24.2 Å². The predicted octanol–water partition coefficient (Wildman–Crippen LogP) is 2.42. The average molecular weight is 393 g/mol. The Morgan fingerprint density at radius 1 is 0.966 bits per heavy atom. The fourth-order valence-electron chi connectivity index (χ4n) is 3.64. The van der Waals surface area contributed by atoms with Crippen LogP contribution in [0.15, 0.2) is 59.2 Å². The molecule has 1 aliphatic heterocycles. The van der Waals surface area contributed by atoms with Gasteiger partial charge in [-0.3, -0.25) is 24.1 Å². The molecular weight excluding hydrogens is 374 g/mol. The number of hydrogen-bond acceptors (Lipinski definition) is 5. The van der Waals surface area contributed by atoms with Gasteiger partial charge in [-0.05, 0) is 43.2 Å². The van der Waals surface area contributed by atoms with Crippen LogP contribution in [-0.4, -0.2) is 35.1 Å². The Morgan fingerprint density at radius 2 is 1.62 bits per heavy atom. The van der Waals surface area contributed by atoms with E-state index < -0.39 is 11.8 Å². The van der Waals surface area contributed by atoms with Gasteiger partial charge >= 0.3 is 0 Å². The van der Waals surface area contributed by atoms with Crippen LogP contribution >= 0.6 is 0 Å². The topological polar surface area (TPSA) is 109 Å². The van der Waals surface area contributed by atoms with Crippen molar-refractivity contribution in [3.63, 3.8) is 0 Å². The number of rotatable bonds is 5. The number of anilines is 2. The van der Waals surface area contributed by atoms with Crippen molar-refractivity contribution in [1.82, 2.24) is 4.90 Å². The van der Waals surface area contributed by atoms with E-state index in [2.05, 4.69) is 10.6 Å². The van der Waals surface area contributed by atoms with E-state index in [1.165, 1.54) is 12.3 Å². The number of nitrogens with one attached hydrogen (secondary N) is 2. The molecule has 4 rings (SSSR count). The molecule has 0 spiro atoms. The zero-order valence-corrected chi connectivity index (χ0v) is 15.5. The lowest BCUT2D eigenvalue weighted by atomic mass is 9.85. The SMILES string of the molecule is O=C(CN1C(=O)[C@H]2CC=CC[C@H]2C1=O)Nc1cccc(NC(=O)c2ccco2)c1. The molecule has 2 N–H and O–H groups in total. The number of nitrogens with zero attached hydrogens (tertiary/aromatic N) is 1. The highest BCUT2D eigenvalue weighted by Gasteiger charge is 2.47. The van der Waals surface area contributed by atoms with E-state index >= 15 is 0 Å². The molecule has 0 radical (unpaired) electrons. The first-order chi connectivity index (χ1) is 14.0. The summed E-state index contributed by atoms with van der Waals surface area (Å²) in [5, 5.41) is 5.33. The minimum atomic E-state index is -0.479. The van der Waals surface area contributed by atoms with Crippen LogP contribution < -0.4 is 10.6 Å². The fraction of sp³-hybridized carbons (Fsp3) is 0.238. The summed E-state index contributed by atoms with van der Waals surface area (Å²) in [6, 6.07) is 9.71. The zero-order valence-electron chi connectivity index (χ0n) is 15.5. The van der Waals surface area contributed by atoms with Gasteiger partial charge in [0.25, 0.3) is 5.91 Å². The highest BCUT2D eigenvalue weighted by Crippen LogP contribution is 2.34. The molecule has 0 saturated carbocycles. The lowest BCUT2D eigenvalue weighted by Crippen LogP contribution is -2.38. The summed E-state index contributed by atoms with van der Waals surface area (Å²) in [6.07, 6.45) is 6.27. The first kappa shape index (κ1) is 18.7. The largest absolute Gasteiger partial charge is 0.459 e. The maximum Gasteiger partial charge on any atom is 0.291 e. The monoisotopic (exact) mass is 393 g/mol. The molecule has 4 amide bonds. The number of imide groups is 1. The number of benzene rings is 1. The molecule has 29 heavy (non-hydrogen) atoms. The standard InChI is InChI=1S/C21H19N3O5/c25-18(12-24-20(27)15-7-1-2-8-16(15)21(24)28)22-13-5-3-6-14(11-13)23-19(26)17-9-4-10-29-17/h1-6,9-11,15-16H,7-8,12H2,(H,22,25)(H,23,26)/t15-,16+. The number of likely N-dealkylation sites (tertiary alicyclic amines) is 1. The fourth-order valence-corrected chi connectivity index (χ4v) is 3.64. The summed E-state index contributed by atoms with van der Waals surface area (Å²) >= 11 is 0. The highest BCUT2D eigenvalue weighted by atomic mass is 16.3. The van der Waals surface area contributed by atoms with Crippen LogP contribution in [0, 0.1) is 11.8 Å². The Hall–Kier alpha value is -3.68. The molecule has 1 aromatic heterocycles. The summed E-state index contributed by atoms with van der Waals surface area (Å²) in [4.78, 5) is 50.4. The van der Waals surface area contributed by atoms with Crippen molar-refractivity contribution in [2.75, 3.05) is 17.2 Å². The third-order valence-corrected chi connectivity index (χ3v) is 5.05. The van der Waals surface area contributed by atoms with E-state index in [0.717, 1.165) is 4.90 Å². The van der Waals surface area contributed by atoms with E-state index in [1.807, 2.05) is 12.2 Å². The van der Waals surface area contributed by atoms with Gasteiger partial charge in [0, 0.05) is 11.4 Å². The molecular formula is C21H19N3O5. The number of hydrogen-bond donors (Lipinski definition) is 2. The second-order valence-corrected chi connectivity index (χ2v) is 6.98. The minimum absolute atomic E-state index is 0.168. The summed E-state index contributed by atoms with van der Waals surface area (Å²) < 4.78 is 5.04. The van der Waals surface area contributed by atoms with Gasteiger partial charge in [0.15, 0.2) is 5.76 Å². The van der Waals surface area contributed by atoms with Crippen molar-refractivity contribution in [3.05, 3.63) is 60.6 Å². The van der Waals surface area contributed by atoms with Crippen molar-refractivity contribution in [3.8, 4) is 0 Å². The molecule has 0 bridgehead atoms. The van der Waals surface area contributed by atoms with Gasteiger partial charge in [-0.15, -0.1) is 0 Å². The molecule has 1 aliphatic carbocycles. The smallest absolute Gasteiger partial charge is 0.291 e. The van der Waals surface area contributed by atoms with Crippen LogP contribution in [0.1, 0.15) is 23.4 Å². The summed E-state index contributed by atoms with van der Waals surface area (Å²) in [6.45, 7) is -0.326. The molecule has 1 aromatic carbocycles. The van der Waals surface area contributed by atoms with Crippen molar-refractivity contribution >= 4 is 35.0 Å². The van der Waals surface area contributed by atoms with E-state index in [1.54, 1.807) is 30.3 Å².